The Kier molecular flexibility index (Phi) is 21.3. The van der Waals surface area contributed by atoms with Crippen LogP contribution in [-0.4, -0.2) is 68.5 Å². The molecule has 9 aromatic heterocycles. The molecule has 0 N–H and O–H groups in total. The van der Waals surface area contributed by atoms with E-state index in [1.807, 2.05) is 199 Å². The highest BCUT2D eigenvalue weighted by molar-refractivity contribution is 7.27. The number of hydrogen-bond donors (Lipinski definition) is 0. The van der Waals surface area contributed by atoms with Crippen LogP contribution < -0.4 is 0 Å². The van der Waals surface area contributed by atoms with Crippen molar-refractivity contribution in [1.29, 1.82) is 0 Å². The molecule has 0 saturated heterocycles. The van der Waals surface area contributed by atoms with Gasteiger partial charge < -0.3 is 9.13 Å². The zero-order chi connectivity index (χ0) is 96.9. The van der Waals surface area contributed by atoms with Gasteiger partial charge in [-0.15, -0.1) is 22.7 Å². The molecule has 0 radical (unpaired) electrons. The average Bonchev–Trinajstić information content (AvgIpc) is 1.55. The third kappa shape index (κ3) is 15.3. The van der Waals surface area contributed by atoms with Crippen molar-refractivity contribution >= 4 is 129 Å². The molecule has 9 heterocycles. The Morgan fingerprint density at radius 3 is 1.08 bits per heavy atom. The molecule has 1 aliphatic carbocycles. The lowest BCUT2D eigenvalue weighted by molar-refractivity contribution is 0.661. The molecule has 14 nitrogen and oxygen atoms in total. The topological polar surface area (TPSA) is 157 Å². The largest absolute Gasteiger partial charge is 0.309 e. The van der Waals surface area contributed by atoms with Gasteiger partial charge in [0.25, 0.3) is 0 Å². The highest BCUT2D eigenvalue weighted by Gasteiger charge is 2.37. The molecule has 0 bridgehead atoms. The summed E-state index contributed by atoms with van der Waals surface area (Å²) in [5.41, 5.74) is 28.0. The zero-order valence-corrected chi connectivity index (χ0v) is 80.7. The summed E-state index contributed by atoms with van der Waals surface area (Å²) in [7, 11) is 0. The lowest BCUT2D eigenvalue weighted by Crippen LogP contribution is -2.14. The maximum atomic E-state index is 5.19. The third-order valence-electron chi connectivity index (χ3n) is 28.0. The summed E-state index contributed by atoms with van der Waals surface area (Å²) in [6.45, 7) is 4.68. The van der Waals surface area contributed by atoms with E-state index in [1.165, 1.54) is 90.7 Å². The summed E-state index contributed by atoms with van der Waals surface area (Å²) in [6, 6.07) is 165. The molecule has 686 valence electrons. The van der Waals surface area contributed by atoms with Crippen molar-refractivity contribution < 1.29 is 0 Å². The molecular formula is C130H84N14S2. The summed E-state index contributed by atoms with van der Waals surface area (Å²) in [6.07, 6.45) is 0. The minimum atomic E-state index is -0.0875. The maximum absolute atomic E-state index is 5.19. The predicted molar refractivity (Wildman–Crippen MR) is 601 cm³/mol. The Morgan fingerprint density at radius 1 is 0.192 bits per heavy atom. The summed E-state index contributed by atoms with van der Waals surface area (Å²) in [5.74, 6) is 6.42. The van der Waals surface area contributed by atoms with Crippen LogP contribution in [-0.2, 0) is 5.41 Å². The van der Waals surface area contributed by atoms with Crippen LogP contribution >= 0.6 is 22.7 Å². The number of para-hydroxylation sites is 3. The first-order chi connectivity index (χ1) is 72.1. The quantitative estimate of drug-likeness (QED) is 0.102. The number of hydrogen-bond acceptors (Lipinski definition) is 13. The second-order valence-electron chi connectivity index (χ2n) is 37.1. The highest BCUT2D eigenvalue weighted by atomic mass is 32.1. The lowest BCUT2D eigenvalue weighted by atomic mass is 9.82. The second-order valence-corrected chi connectivity index (χ2v) is 39.2. The van der Waals surface area contributed by atoms with Gasteiger partial charge in [0.05, 0.1) is 49.0 Å². The smallest absolute Gasteiger partial charge is 0.238 e. The molecular weight excluding hydrogens is 1820 g/mol. The molecule has 16 heteroatoms. The van der Waals surface area contributed by atoms with Gasteiger partial charge >= 0.3 is 0 Å². The number of fused-ring (bicyclic) bond motifs is 19. The Balaban J connectivity index is 0.000000109. The van der Waals surface area contributed by atoms with Crippen LogP contribution in [0.5, 0.6) is 0 Å². The molecule has 1 aliphatic rings. The van der Waals surface area contributed by atoms with Crippen LogP contribution in [0.25, 0.3) is 259 Å². The standard InChI is InChI=1S/C45H27N5S.C43H27N5S.C42H30N4/c1-3-13-28(14-4-1)43-46-44(29-15-5-2-6-16-29)48-45(47-43)50-36-20-10-7-17-31(36)35-27-30(23-25-38(35)50)49-37-21-11-8-19-34(37)41-39(49)26-24-33-32-18-9-12-22-40(32)51-42(33)41;1-4-14-28(15-5-1)37-39-38(35-24-10-11-25-36(35)49-39)45-42(44-37)33-22-12-20-31(26-33)32-21-13-23-34(27-32)43-47-40(29-16-6-2-7-17-29)46-41(48-43)30-18-8-3-9-19-30;1-42(2)35-22-11-9-20-31(35)33-25-34-32-21-10-12-23-37(32)46(38(34)26-36(33)42)30-19-13-18-29(24-30)41-44-39(27-14-5-3-6-15-27)43-40(45-41)28-16-7-4-8-17-28/h1-27H;1-27H;3-26H,1-2H3. The van der Waals surface area contributed by atoms with E-state index in [0.29, 0.717) is 58.4 Å². The molecule has 0 spiro atoms. The van der Waals surface area contributed by atoms with Crippen molar-refractivity contribution in [2.75, 3.05) is 0 Å². The number of rotatable bonds is 14. The minimum Gasteiger partial charge on any atom is -0.309 e. The average molecular weight is 1910 g/mol. The Hall–Kier alpha value is -18.9. The second kappa shape index (κ2) is 36.0. The fraction of sp³-hybridized carbons (Fsp3) is 0.0231. The summed E-state index contributed by atoms with van der Waals surface area (Å²) < 4.78 is 11.9. The first-order valence-electron chi connectivity index (χ1n) is 48.9. The van der Waals surface area contributed by atoms with Crippen molar-refractivity contribution in [3.63, 3.8) is 0 Å². The number of nitrogens with zero attached hydrogens (tertiary/aromatic N) is 14. The number of aromatic nitrogens is 14. The minimum absolute atomic E-state index is 0.0875. The normalized spacial score (nSPS) is 12.1. The van der Waals surface area contributed by atoms with Crippen LogP contribution in [0, 0.1) is 0 Å². The SMILES string of the molecule is CC1(C)c2ccccc2-c2cc3c4ccccc4n(-c4cccc(-c5nc(-c6ccccc6)nc(-c6ccccc6)n5)c4)c3cc21.c1ccc(-c2nc(-c3ccccc3)nc(-c3cccc(-c4cccc(-c5nc(-c6ccccc6)c6sc7ccccc7c6n5)c4)c3)n2)cc1.c1ccc(-c2nc(-c3ccccc3)nc(-n3c4ccccc4c4cc(-n5c6ccccc6c6c7sc8ccccc8c7ccc65)ccc43)n2)cc1. The Bertz CT molecular complexity index is 9810. The van der Waals surface area contributed by atoms with E-state index in [2.05, 4.69) is 313 Å². The molecule has 146 heavy (non-hydrogen) atoms. The van der Waals surface area contributed by atoms with Gasteiger partial charge in [0.2, 0.25) is 5.95 Å². The molecule has 0 fully saturated rings. The van der Waals surface area contributed by atoms with Crippen LogP contribution in [0.3, 0.4) is 0 Å². The van der Waals surface area contributed by atoms with Gasteiger partial charge in [-0.05, 0) is 124 Å². The van der Waals surface area contributed by atoms with E-state index in [-0.39, 0.29) is 5.41 Å². The first-order valence-corrected chi connectivity index (χ1v) is 50.5. The number of thiophene rings is 2. The molecule has 0 amide bonds. The third-order valence-corrected chi connectivity index (χ3v) is 30.3. The van der Waals surface area contributed by atoms with E-state index in [1.54, 1.807) is 11.3 Å². The van der Waals surface area contributed by atoms with Crippen LogP contribution in [0.4, 0.5) is 0 Å². The monoisotopic (exact) mass is 1900 g/mol. The van der Waals surface area contributed by atoms with E-state index in [4.69, 9.17) is 54.8 Å². The van der Waals surface area contributed by atoms with Gasteiger partial charge in [-0.3, -0.25) is 4.57 Å². The maximum Gasteiger partial charge on any atom is 0.238 e. The highest BCUT2D eigenvalue weighted by Crippen LogP contribution is 2.53. The van der Waals surface area contributed by atoms with Crippen molar-refractivity contribution in [2.24, 2.45) is 0 Å². The number of benzene rings is 19. The molecule has 19 aromatic carbocycles. The molecule has 0 saturated carbocycles. The molecule has 0 aliphatic heterocycles. The first kappa shape index (κ1) is 86.3. The van der Waals surface area contributed by atoms with E-state index >= 15 is 0 Å². The van der Waals surface area contributed by atoms with Crippen LogP contribution in [0.1, 0.15) is 25.0 Å². The predicted octanol–water partition coefficient (Wildman–Crippen LogP) is 33.1. The fourth-order valence-corrected chi connectivity index (χ4v) is 23.4. The van der Waals surface area contributed by atoms with Crippen molar-refractivity contribution in [3.8, 4) is 153 Å². The van der Waals surface area contributed by atoms with E-state index in [0.717, 1.165) is 121 Å². The zero-order valence-electron chi connectivity index (χ0n) is 79.1. The van der Waals surface area contributed by atoms with Crippen LogP contribution in [0.2, 0.25) is 0 Å². The lowest BCUT2D eigenvalue weighted by Gasteiger charge is -2.21. The van der Waals surface area contributed by atoms with Gasteiger partial charge in [0.1, 0.15) is 0 Å². The fourth-order valence-electron chi connectivity index (χ4n) is 21.0. The molecule has 0 atom stereocenters. The summed E-state index contributed by atoms with van der Waals surface area (Å²) in [5, 5.41) is 11.1. The van der Waals surface area contributed by atoms with Gasteiger partial charge in [0.15, 0.2) is 52.4 Å². The summed E-state index contributed by atoms with van der Waals surface area (Å²) >= 11 is 3.63. The van der Waals surface area contributed by atoms with Gasteiger partial charge in [-0.2, -0.15) is 9.97 Å². The Labute approximate surface area is 847 Å². The van der Waals surface area contributed by atoms with Gasteiger partial charge in [-0.25, -0.2) is 44.9 Å². The summed E-state index contributed by atoms with van der Waals surface area (Å²) in [4.78, 5) is 55.2. The van der Waals surface area contributed by atoms with Crippen molar-refractivity contribution in [1.82, 2.24) is 68.5 Å². The van der Waals surface area contributed by atoms with Gasteiger partial charge in [-0.1, -0.05) is 396 Å². The van der Waals surface area contributed by atoms with Gasteiger partial charge in [0, 0.05) is 135 Å². The molecule has 29 rings (SSSR count). The Morgan fingerprint density at radius 2 is 0.548 bits per heavy atom. The van der Waals surface area contributed by atoms with Crippen molar-refractivity contribution in [3.05, 3.63) is 484 Å². The van der Waals surface area contributed by atoms with Crippen LogP contribution in [0.15, 0.2) is 473 Å². The van der Waals surface area contributed by atoms with E-state index in [9.17, 15) is 0 Å². The van der Waals surface area contributed by atoms with Crippen molar-refractivity contribution in [2.45, 2.75) is 19.3 Å². The van der Waals surface area contributed by atoms with E-state index < -0.39 is 0 Å². The molecule has 0 unspecified atom stereocenters. The molecule has 28 aromatic rings.